The fraction of sp³-hybridized carbons (Fsp3) is 0.0750. The highest BCUT2D eigenvalue weighted by Crippen LogP contribution is 2.51. The maximum Gasteiger partial charge on any atom is 0.228 e. The van der Waals surface area contributed by atoms with Crippen LogP contribution in [0, 0.1) is 0 Å². The summed E-state index contributed by atoms with van der Waals surface area (Å²) in [6, 6.07) is 46.5. The Bertz CT molecular complexity index is 2350. The summed E-state index contributed by atoms with van der Waals surface area (Å²) >= 11 is 0. The monoisotopic (exact) mass is 568 g/mol. The van der Waals surface area contributed by atoms with E-state index in [4.69, 9.17) is 13.8 Å². The first-order valence-corrected chi connectivity index (χ1v) is 15.0. The topological polar surface area (TPSA) is 42.4 Å². The molecule has 4 nitrogen and oxygen atoms in total. The Morgan fingerprint density at radius 3 is 2.18 bits per heavy atom. The van der Waals surface area contributed by atoms with E-state index < -0.39 is 0 Å². The molecule has 8 aromatic rings. The van der Waals surface area contributed by atoms with E-state index in [0.29, 0.717) is 5.89 Å². The molecule has 0 atom stereocenters. The Kier molecular flexibility index (Phi) is 5.21. The smallest absolute Gasteiger partial charge is 0.228 e. The molecule has 210 valence electrons. The van der Waals surface area contributed by atoms with E-state index in [1.165, 1.54) is 22.3 Å². The van der Waals surface area contributed by atoms with Gasteiger partial charge in [-0.1, -0.05) is 92.7 Å². The molecule has 0 N–H and O–H groups in total. The number of hydrogen-bond donors (Lipinski definition) is 0. The van der Waals surface area contributed by atoms with E-state index in [-0.39, 0.29) is 5.41 Å². The van der Waals surface area contributed by atoms with Crippen LogP contribution in [0.2, 0.25) is 0 Å². The molecule has 44 heavy (non-hydrogen) atoms. The number of rotatable bonds is 4. The molecule has 0 bridgehead atoms. The van der Waals surface area contributed by atoms with Gasteiger partial charge in [-0.25, -0.2) is 4.98 Å². The van der Waals surface area contributed by atoms with Gasteiger partial charge in [0.1, 0.15) is 11.1 Å². The quantitative estimate of drug-likeness (QED) is 0.212. The van der Waals surface area contributed by atoms with Crippen LogP contribution in [-0.2, 0) is 5.41 Å². The predicted molar refractivity (Wildman–Crippen MR) is 179 cm³/mol. The molecule has 0 saturated heterocycles. The third kappa shape index (κ3) is 3.54. The molecule has 6 aromatic carbocycles. The first-order chi connectivity index (χ1) is 21.6. The van der Waals surface area contributed by atoms with Crippen LogP contribution in [0.25, 0.3) is 55.6 Å². The summed E-state index contributed by atoms with van der Waals surface area (Å²) in [5.41, 5.74) is 12.5. The lowest BCUT2D eigenvalue weighted by Gasteiger charge is -2.28. The fourth-order valence-electron chi connectivity index (χ4n) is 7.01. The normalized spacial score (nSPS) is 13.4. The van der Waals surface area contributed by atoms with Crippen LogP contribution in [-0.4, -0.2) is 4.98 Å². The highest BCUT2D eigenvalue weighted by Gasteiger charge is 2.36. The number of fused-ring (bicyclic) bond motifs is 7. The lowest BCUT2D eigenvalue weighted by atomic mass is 9.82. The number of furan rings is 1. The zero-order valence-electron chi connectivity index (χ0n) is 24.4. The average molecular weight is 569 g/mol. The Morgan fingerprint density at radius 2 is 1.30 bits per heavy atom. The van der Waals surface area contributed by atoms with E-state index in [0.717, 1.165) is 55.7 Å². The summed E-state index contributed by atoms with van der Waals surface area (Å²) < 4.78 is 12.9. The van der Waals surface area contributed by atoms with Crippen molar-refractivity contribution in [2.24, 2.45) is 0 Å². The molecular weight excluding hydrogens is 540 g/mol. The molecule has 0 fully saturated rings. The van der Waals surface area contributed by atoms with Gasteiger partial charge in [-0.05, 0) is 76.9 Å². The predicted octanol–water partition coefficient (Wildman–Crippen LogP) is 11.2. The number of benzene rings is 6. The third-order valence-corrected chi connectivity index (χ3v) is 9.11. The van der Waals surface area contributed by atoms with Gasteiger partial charge in [0.15, 0.2) is 11.2 Å². The second-order valence-corrected chi connectivity index (χ2v) is 12.0. The molecule has 0 saturated carbocycles. The summed E-state index contributed by atoms with van der Waals surface area (Å²) in [6.45, 7) is 4.64. The third-order valence-electron chi connectivity index (χ3n) is 9.11. The Morgan fingerprint density at radius 1 is 0.568 bits per heavy atom. The van der Waals surface area contributed by atoms with E-state index >= 15 is 0 Å². The fourth-order valence-corrected chi connectivity index (χ4v) is 7.01. The molecule has 0 amide bonds. The number of oxazole rings is 1. The number of aromatic nitrogens is 1. The maximum atomic E-state index is 6.72. The molecule has 0 radical (unpaired) electrons. The minimum Gasteiger partial charge on any atom is -0.454 e. The molecule has 1 aliphatic rings. The van der Waals surface area contributed by atoms with Gasteiger partial charge in [0.2, 0.25) is 5.89 Å². The standard InChI is InChI=1S/C40H28N2O2/c1-40(2)31-17-7-6-14-27(31)28-23-22-26(24-32(28)40)42(25-12-4-3-5-13-25)34-19-10-15-29-37-30(16-11-21-36(37)43-38(29)34)39-41-33-18-8-9-20-35(33)44-39/h3-24H,1-2H3. The van der Waals surface area contributed by atoms with Crippen molar-refractivity contribution in [2.45, 2.75) is 19.3 Å². The summed E-state index contributed by atoms with van der Waals surface area (Å²) in [5, 5.41) is 2.01. The summed E-state index contributed by atoms with van der Waals surface area (Å²) in [4.78, 5) is 7.13. The van der Waals surface area contributed by atoms with Crippen LogP contribution in [0.15, 0.2) is 142 Å². The number of nitrogens with zero attached hydrogens (tertiary/aromatic N) is 2. The SMILES string of the molecule is CC1(C)c2ccccc2-c2ccc(N(c3ccccc3)c3cccc4c3oc3cccc(-c5nc6ccccc6o5)c34)cc21. The largest absolute Gasteiger partial charge is 0.454 e. The van der Waals surface area contributed by atoms with Crippen LogP contribution in [0.3, 0.4) is 0 Å². The van der Waals surface area contributed by atoms with Gasteiger partial charge in [0, 0.05) is 33.1 Å². The van der Waals surface area contributed by atoms with Crippen molar-refractivity contribution < 1.29 is 8.83 Å². The molecule has 0 spiro atoms. The zero-order valence-corrected chi connectivity index (χ0v) is 24.4. The maximum absolute atomic E-state index is 6.72. The van der Waals surface area contributed by atoms with E-state index in [2.05, 4.69) is 116 Å². The van der Waals surface area contributed by atoms with Crippen LogP contribution < -0.4 is 4.90 Å². The Balaban J connectivity index is 1.27. The minimum absolute atomic E-state index is 0.107. The van der Waals surface area contributed by atoms with Crippen LogP contribution in [0.1, 0.15) is 25.0 Å². The van der Waals surface area contributed by atoms with Crippen molar-refractivity contribution in [1.82, 2.24) is 4.98 Å². The summed E-state index contributed by atoms with van der Waals surface area (Å²) in [6.07, 6.45) is 0. The molecule has 0 unspecified atom stereocenters. The highest BCUT2D eigenvalue weighted by molar-refractivity contribution is 6.15. The van der Waals surface area contributed by atoms with Gasteiger partial charge in [-0.15, -0.1) is 0 Å². The number of anilines is 3. The van der Waals surface area contributed by atoms with Gasteiger partial charge < -0.3 is 13.7 Å². The van der Waals surface area contributed by atoms with Gasteiger partial charge in [-0.2, -0.15) is 0 Å². The second-order valence-electron chi connectivity index (χ2n) is 12.0. The van der Waals surface area contributed by atoms with Crippen molar-refractivity contribution in [1.29, 1.82) is 0 Å². The van der Waals surface area contributed by atoms with Crippen LogP contribution in [0.5, 0.6) is 0 Å². The molecule has 0 aliphatic heterocycles. The van der Waals surface area contributed by atoms with Gasteiger partial charge in [0.05, 0.1) is 5.69 Å². The van der Waals surface area contributed by atoms with Crippen LogP contribution >= 0.6 is 0 Å². The van der Waals surface area contributed by atoms with Crippen LogP contribution in [0.4, 0.5) is 17.1 Å². The van der Waals surface area contributed by atoms with Crippen molar-refractivity contribution in [3.8, 4) is 22.6 Å². The van der Waals surface area contributed by atoms with Gasteiger partial charge in [0.25, 0.3) is 0 Å². The molecule has 2 heterocycles. The van der Waals surface area contributed by atoms with E-state index in [1.807, 2.05) is 36.4 Å². The lowest BCUT2D eigenvalue weighted by Crippen LogP contribution is -2.16. The van der Waals surface area contributed by atoms with Gasteiger partial charge >= 0.3 is 0 Å². The first-order valence-electron chi connectivity index (χ1n) is 15.0. The van der Waals surface area contributed by atoms with Gasteiger partial charge in [-0.3, -0.25) is 0 Å². The minimum atomic E-state index is -0.107. The number of para-hydroxylation sites is 4. The second kappa shape index (κ2) is 9.19. The Hall–Kier alpha value is -5.61. The Labute approximate surface area is 254 Å². The highest BCUT2D eigenvalue weighted by atomic mass is 16.3. The van der Waals surface area contributed by atoms with Crippen molar-refractivity contribution in [3.05, 3.63) is 145 Å². The summed E-state index contributed by atoms with van der Waals surface area (Å²) in [5.74, 6) is 0.588. The lowest BCUT2D eigenvalue weighted by molar-refractivity contribution is 0.620. The van der Waals surface area contributed by atoms with E-state index in [1.54, 1.807) is 0 Å². The van der Waals surface area contributed by atoms with Crippen molar-refractivity contribution in [3.63, 3.8) is 0 Å². The molecule has 4 heteroatoms. The van der Waals surface area contributed by atoms with Crippen molar-refractivity contribution >= 4 is 50.1 Å². The molecular formula is C40H28N2O2. The summed E-state index contributed by atoms with van der Waals surface area (Å²) in [7, 11) is 0. The number of hydrogen-bond acceptors (Lipinski definition) is 4. The first kappa shape index (κ1) is 24.9. The zero-order chi connectivity index (χ0) is 29.4. The average Bonchev–Trinajstić information content (AvgIpc) is 3.73. The molecule has 2 aromatic heterocycles. The van der Waals surface area contributed by atoms with Crippen molar-refractivity contribution in [2.75, 3.05) is 4.90 Å². The van der Waals surface area contributed by atoms with E-state index in [9.17, 15) is 0 Å². The molecule has 1 aliphatic carbocycles. The molecule has 9 rings (SSSR count).